The third kappa shape index (κ3) is 4.54. The number of likely N-dealkylation sites (N-methyl/N-ethyl adjacent to an activating group) is 1. The fourth-order valence-electron chi connectivity index (χ4n) is 3.78. The zero-order chi connectivity index (χ0) is 16.2. The SMILES string of the molecule is C[C@@H]1CNC[C@H](C)N1Cc1cccc(CN2CCN(C)CC2)c1. The number of piperazine rings is 2. The molecule has 1 aromatic carbocycles. The molecule has 128 valence electrons. The first-order valence-corrected chi connectivity index (χ1v) is 9.07. The molecule has 3 rings (SSSR count). The molecule has 2 heterocycles. The van der Waals surface area contributed by atoms with Crippen molar-refractivity contribution >= 4 is 0 Å². The Hall–Kier alpha value is -0.940. The Morgan fingerprint density at radius 3 is 2.22 bits per heavy atom. The standard InChI is InChI=1S/C19H32N4/c1-16-12-20-13-17(2)23(16)15-19-6-4-5-18(11-19)14-22-9-7-21(3)8-10-22/h4-6,11,16-17,20H,7-10,12-15H2,1-3H3/t16-,17+. The van der Waals surface area contributed by atoms with Crippen molar-refractivity contribution in [2.24, 2.45) is 0 Å². The zero-order valence-electron chi connectivity index (χ0n) is 15.0. The monoisotopic (exact) mass is 316 g/mol. The maximum Gasteiger partial charge on any atom is 0.0240 e. The predicted octanol–water partition coefficient (Wildman–Crippen LogP) is 1.62. The normalized spacial score (nSPS) is 28.1. The van der Waals surface area contributed by atoms with E-state index in [1.54, 1.807) is 0 Å². The lowest BCUT2D eigenvalue weighted by Crippen LogP contribution is -2.54. The van der Waals surface area contributed by atoms with E-state index in [9.17, 15) is 0 Å². The maximum absolute atomic E-state index is 3.52. The van der Waals surface area contributed by atoms with Crippen LogP contribution >= 0.6 is 0 Å². The quantitative estimate of drug-likeness (QED) is 0.911. The van der Waals surface area contributed by atoms with Gasteiger partial charge in [0.05, 0.1) is 0 Å². The minimum atomic E-state index is 0.611. The molecule has 0 aromatic heterocycles. The van der Waals surface area contributed by atoms with E-state index in [4.69, 9.17) is 0 Å². The highest BCUT2D eigenvalue weighted by Gasteiger charge is 2.24. The number of nitrogens with zero attached hydrogens (tertiary/aromatic N) is 3. The second-order valence-electron chi connectivity index (χ2n) is 7.43. The minimum absolute atomic E-state index is 0.611. The van der Waals surface area contributed by atoms with Gasteiger partial charge in [-0.25, -0.2) is 0 Å². The molecule has 0 spiro atoms. The van der Waals surface area contributed by atoms with Gasteiger partial charge in [-0.1, -0.05) is 24.3 Å². The maximum atomic E-state index is 3.52. The average Bonchev–Trinajstić information content (AvgIpc) is 2.54. The molecule has 2 saturated heterocycles. The molecule has 0 bridgehead atoms. The number of rotatable bonds is 4. The summed E-state index contributed by atoms with van der Waals surface area (Å²) in [5, 5.41) is 3.52. The fraction of sp³-hybridized carbons (Fsp3) is 0.684. The molecule has 2 aliphatic rings. The van der Waals surface area contributed by atoms with E-state index in [0.717, 1.165) is 26.2 Å². The predicted molar refractivity (Wildman–Crippen MR) is 96.6 cm³/mol. The molecule has 2 atom stereocenters. The van der Waals surface area contributed by atoms with Crippen molar-refractivity contribution in [2.75, 3.05) is 46.3 Å². The van der Waals surface area contributed by atoms with Crippen molar-refractivity contribution in [1.29, 1.82) is 0 Å². The van der Waals surface area contributed by atoms with Crippen LogP contribution in [0.4, 0.5) is 0 Å². The first kappa shape index (κ1) is 16.9. The van der Waals surface area contributed by atoms with Crippen molar-refractivity contribution in [2.45, 2.75) is 39.0 Å². The summed E-state index contributed by atoms with van der Waals surface area (Å²) in [7, 11) is 2.22. The van der Waals surface area contributed by atoms with E-state index in [1.165, 1.54) is 37.3 Å². The summed E-state index contributed by atoms with van der Waals surface area (Å²) in [5.41, 5.74) is 2.92. The smallest absolute Gasteiger partial charge is 0.0240 e. The van der Waals surface area contributed by atoms with Gasteiger partial charge in [0.1, 0.15) is 0 Å². The van der Waals surface area contributed by atoms with Gasteiger partial charge >= 0.3 is 0 Å². The molecule has 4 heteroatoms. The van der Waals surface area contributed by atoms with Crippen LogP contribution in [0.3, 0.4) is 0 Å². The van der Waals surface area contributed by atoms with E-state index in [-0.39, 0.29) is 0 Å². The van der Waals surface area contributed by atoms with E-state index < -0.39 is 0 Å². The summed E-state index contributed by atoms with van der Waals surface area (Å²) in [4.78, 5) is 7.63. The molecular formula is C19H32N4. The lowest BCUT2D eigenvalue weighted by Gasteiger charge is -2.39. The van der Waals surface area contributed by atoms with Crippen LogP contribution in [0.15, 0.2) is 24.3 Å². The highest BCUT2D eigenvalue weighted by molar-refractivity contribution is 5.23. The van der Waals surface area contributed by atoms with Gasteiger partial charge in [0.25, 0.3) is 0 Å². The first-order chi connectivity index (χ1) is 11.1. The number of nitrogens with one attached hydrogen (secondary N) is 1. The van der Waals surface area contributed by atoms with E-state index in [2.05, 4.69) is 65.2 Å². The van der Waals surface area contributed by atoms with Gasteiger partial charge in [-0.3, -0.25) is 9.80 Å². The Balaban J connectivity index is 1.60. The third-order valence-electron chi connectivity index (χ3n) is 5.37. The summed E-state index contributed by atoms with van der Waals surface area (Å²) < 4.78 is 0. The van der Waals surface area contributed by atoms with Crippen molar-refractivity contribution in [3.8, 4) is 0 Å². The fourth-order valence-corrected chi connectivity index (χ4v) is 3.78. The molecule has 4 nitrogen and oxygen atoms in total. The topological polar surface area (TPSA) is 21.8 Å². The van der Waals surface area contributed by atoms with E-state index in [1.807, 2.05) is 0 Å². The van der Waals surface area contributed by atoms with Gasteiger partial charge in [0, 0.05) is 64.4 Å². The zero-order valence-corrected chi connectivity index (χ0v) is 15.0. The molecule has 2 aliphatic heterocycles. The van der Waals surface area contributed by atoms with Crippen LogP contribution in [0.5, 0.6) is 0 Å². The van der Waals surface area contributed by atoms with Crippen LogP contribution in [0.25, 0.3) is 0 Å². The van der Waals surface area contributed by atoms with Crippen molar-refractivity contribution in [1.82, 2.24) is 20.0 Å². The van der Waals surface area contributed by atoms with Gasteiger partial charge in [-0.2, -0.15) is 0 Å². The highest BCUT2D eigenvalue weighted by atomic mass is 15.2. The highest BCUT2D eigenvalue weighted by Crippen LogP contribution is 2.17. The Morgan fingerprint density at radius 2 is 1.57 bits per heavy atom. The van der Waals surface area contributed by atoms with Crippen LogP contribution in [0.1, 0.15) is 25.0 Å². The van der Waals surface area contributed by atoms with E-state index in [0.29, 0.717) is 12.1 Å². The Bertz CT molecular complexity index is 486. The lowest BCUT2D eigenvalue weighted by atomic mass is 10.1. The molecule has 0 radical (unpaired) electrons. The number of benzene rings is 1. The van der Waals surface area contributed by atoms with Gasteiger partial charge < -0.3 is 10.2 Å². The Kier molecular flexibility index (Phi) is 5.70. The van der Waals surface area contributed by atoms with Crippen LogP contribution in [0.2, 0.25) is 0 Å². The number of hydrogen-bond acceptors (Lipinski definition) is 4. The molecule has 0 aliphatic carbocycles. The summed E-state index contributed by atoms with van der Waals surface area (Å²) in [6.07, 6.45) is 0. The summed E-state index contributed by atoms with van der Waals surface area (Å²) in [5.74, 6) is 0. The molecule has 1 N–H and O–H groups in total. The first-order valence-electron chi connectivity index (χ1n) is 9.07. The van der Waals surface area contributed by atoms with Crippen LogP contribution < -0.4 is 5.32 Å². The third-order valence-corrected chi connectivity index (χ3v) is 5.37. The lowest BCUT2D eigenvalue weighted by molar-refractivity contribution is 0.108. The summed E-state index contributed by atoms with van der Waals surface area (Å²) in [6, 6.07) is 10.4. The second kappa shape index (κ2) is 7.75. The van der Waals surface area contributed by atoms with Crippen LogP contribution in [0, 0.1) is 0 Å². The number of hydrogen-bond donors (Lipinski definition) is 1. The average molecular weight is 316 g/mol. The van der Waals surface area contributed by atoms with Crippen molar-refractivity contribution in [3.05, 3.63) is 35.4 Å². The van der Waals surface area contributed by atoms with Crippen molar-refractivity contribution in [3.63, 3.8) is 0 Å². The van der Waals surface area contributed by atoms with Gasteiger partial charge in [0.15, 0.2) is 0 Å². The Labute approximate surface area is 141 Å². The van der Waals surface area contributed by atoms with Gasteiger partial charge in [0.2, 0.25) is 0 Å². The summed E-state index contributed by atoms with van der Waals surface area (Å²) >= 11 is 0. The molecular weight excluding hydrogens is 284 g/mol. The molecule has 23 heavy (non-hydrogen) atoms. The van der Waals surface area contributed by atoms with Crippen LogP contribution in [-0.4, -0.2) is 73.1 Å². The molecule has 1 aromatic rings. The second-order valence-corrected chi connectivity index (χ2v) is 7.43. The Morgan fingerprint density at radius 1 is 0.957 bits per heavy atom. The van der Waals surface area contributed by atoms with E-state index >= 15 is 0 Å². The molecule has 0 amide bonds. The largest absolute Gasteiger partial charge is 0.314 e. The molecule has 0 saturated carbocycles. The van der Waals surface area contributed by atoms with Gasteiger partial charge in [-0.15, -0.1) is 0 Å². The van der Waals surface area contributed by atoms with Gasteiger partial charge in [-0.05, 0) is 32.0 Å². The van der Waals surface area contributed by atoms with Crippen LogP contribution in [-0.2, 0) is 13.1 Å². The minimum Gasteiger partial charge on any atom is -0.314 e. The molecule has 0 unspecified atom stereocenters. The van der Waals surface area contributed by atoms with Crippen molar-refractivity contribution < 1.29 is 0 Å². The summed E-state index contributed by atoms with van der Waals surface area (Å²) in [6.45, 7) is 13.8. The molecule has 2 fully saturated rings.